The molecule has 0 saturated heterocycles. The van der Waals surface area contributed by atoms with Crippen molar-refractivity contribution in [2.24, 2.45) is 0 Å². The summed E-state index contributed by atoms with van der Waals surface area (Å²) in [5.74, 6) is 1.49. The summed E-state index contributed by atoms with van der Waals surface area (Å²) in [5, 5.41) is 4.95. The fourth-order valence-electron chi connectivity index (χ4n) is 6.22. The lowest BCUT2D eigenvalue weighted by Crippen LogP contribution is -2.10. The summed E-state index contributed by atoms with van der Waals surface area (Å²) < 4.78 is 9.08. The number of nitrogens with zero attached hydrogens (tertiary/aromatic N) is 2. The highest BCUT2D eigenvalue weighted by Gasteiger charge is 2.30. The Morgan fingerprint density at radius 1 is 0.610 bits per heavy atom. The molecule has 4 heteroatoms. The lowest BCUT2D eigenvalue weighted by atomic mass is 10.0. The maximum atomic E-state index is 6.51. The van der Waals surface area contributed by atoms with Crippen LogP contribution in [0, 0.1) is 0 Å². The predicted molar refractivity (Wildman–Crippen MR) is 171 cm³/mol. The van der Waals surface area contributed by atoms with Gasteiger partial charge in [0, 0.05) is 48.9 Å². The highest BCUT2D eigenvalue weighted by atomic mass is 32.1. The minimum absolute atomic E-state index is 0.651. The van der Waals surface area contributed by atoms with E-state index in [1.165, 1.54) is 36.6 Å². The van der Waals surface area contributed by atoms with E-state index >= 15 is 0 Å². The maximum absolute atomic E-state index is 6.51. The molecule has 0 aliphatic heterocycles. The van der Waals surface area contributed by atoms with Gasteiger partial charge in [-0.25, -0.2) is 4.98 Å². The van der Waals surface area contributed by atoms with E-state index in [-0.39, 0.29) is 0 Å². The third-order valence-corrected chi connectivity index (χ3v) is 9.22. The molecule has 0 atom stereocenters. The number of hydrogen-bond donors (Lipinski definition) is 0. The summed E-state index contributed by atoms with van der Waals surface area (Å²) in [4.78, 5) is 7.36. The number of hydrogen-bond acceptors (Lipinski definition) is 4. The van der Waals surface area contributed by atoms with Crippen molar-refractivity contribution < 1.29 is 4.42 Å². The summed E-state index contributed by atoms with van der Waals surface area (Å²) >= 11 is 1.85. The first-order valence-corrected chi connectivity index (χ1v) is 14.5. The molecule has 0 radical (unpaired) electrons. The molecule has 0 unspecified atom stereocenters. The van der Waals surface area contributed by atoms with Gasteiger partial charge < -0.3 is 9.32 Å². The smallest absolute Gasteiger partial charge is 0.227 e. The summed E-state index contributed by atoms with van der Waals surface area (Å²) in [5.41, 5.74) is 7.48. The monoisotopic (exact) mass is 542 g/mol. The lowest BCUT2D eigenvalue weighted by molar-refractivity contribution is 0.590. The van der Waals surface area contributed by atoms with E-state index in [0.29, 0.717) is 5.89 Å². The Hall–Kier alpha value is -5.19. The average Bonchev–Trinajstić information content (AvgIpc) is 3.72. The van der Waals surface area contributed by atoms with E-state index in [1.54, 1.807) is 0 Å². The molecule has 1 aliphatic carbocycles. The van der Waals surface area contributed by atoms with Crippen LogP contribution in [0.15, 0.2) is 138 Å². The van der Waals surface area contributed by atoms with Gasteiger partial charge in [0.25, 0.3) is 0 Å². The molecule has 8 aromatic rings. The molecule has 0 bridgehead atoms. The van der Waals surface area contributed by atoms with E-state index < -0.39 is 0 Å². The largest absolute Gasteiger partial charge is 0.435 e. The second kappa shape index (κ2) is 8.65. The number of oxazole rings is 1. The van der Waals surface area contributed by atoms with Crippen LogP contribution in [0.4, 0.5) is 17.1 Å². The molecule has 192 valence electrons. The number of aromatic nitrogens is 1. The molecule has 6 aromatic carbocycles. The van der Waals surface area contributed by atoms with Gasteiger partial charge in [-0.15, -0.1) is 11.3 Å². The Kier molecular flexibility index (Phi) is 4.77. The van der Waals surface area contributed by atoms with Gasteiger partial charge >= 0.3 is 0 Å². The molecule has 0 amide bonds. The van der Waals surface area contributed by atoms with Gasteiger partial charge in [-0.1, -0.05) is 84.9 Å². The number of anilines is 3. The summed E-state index contributed by atoms with van der Waals surface area (Å²) in [6.45, 7) is 0. The van der Waals surface area contributed by atoms with Crippen LogP contribution in [-0.2, 0) is 0 Å². The molecular formula is C37H22N2OS. The predicted octanol–water partition coefficient (Wildman–Crippen LogP) is 11.0. The molecule has 41 heavy (non-hydrogen) atoms. The summed E-state index contributed by atoms with van der Waals surface area (Å²) in [6.07, 6.45) is 0. The average molecular weight is 543 g/mol. The first-order chi connectivity index (χ1) is 20.3. The molecule has 9 rings (SSSR count). The van der Waals surface area contributed by atoms with E-state index in [0.717, 1.165) is 39.5 Å². The van der Waals surface area contributed by atoms with Gasteiger partial charge in [0.15, 0.2) is 5.76 Å². The van der Waals surface area contributed by atoms with Crippen LogP contribution in [0.5, 0.6) is 0 Å². The maximum Gasteiger partial charge on any atom is 0.227 e. The van der Waals surface area contributed by atoms with Gasteiger partial charge in [-0.05, 0) is 53.9 Å². The third-order valence-electron chi connectivity index (χ3n) is 8.01. The molecule has 0 spiro atoms. The van der Waals surface area contributed by atoms with Gasteiger partial charge in [0.05, 0.1) is 10.4 Å². The molecule has 0 N–H and O–H groups in total. The fourth-order valence-corrected chi connectivity index (χ4v) is 7.43. The number of fused-ring (bicyclic) bond motifs is 6. The van der Waals surface area contributed by atoms with E-state index in [1.807, 2.05) is 41.7 Å². The van der Waals surface area contributed by atoms with Crippen LogP contribution in [0.1, 0.15) is 0 Å². The van der Waals surface area contributed by atoms with E-state index in [4.69, 9.17) is 9.40 Å². The minimum atomic E-state index is 0.651. The van der Waals surface area contributed by atoms with E-state index in [2.05, 4.69) is 108 Å². The highest BCUT2D eigenvalue weighted by molar-refractivity contribution is 7.26. The van der Waals surface area contributed by atoms with Gasteiger partial charge in [-0.2, -0.15) is 0 Å². The second-order valence-corrected chi connectivity index (χ2v) is 11.4. The number of para-hydroxylation sites is 1. The first-order valence-electron chi connectivity index (χ1n) is 13.7. The summed E-state index contributed by atoms with van der Waals surface area (Å²) in [6, 6.07) is 47.1. The van der Waals surface area contributed by atoms with Crippen LogP contribution in [0.3, 0.4) is 0 Å². The van der Waals surface area contributed by atoms with Crippen molar-refractivity contribution in [3.05, 3.63) is 133 Å². The molecular weight excluding hydrogens is 520 g/mol. The molecule has 0 fully saturated rings. The molecule has 0 saturated carbocycles. The second-order valence-electron chi connectivity index (χ2n) is 10.4. The van der Waals surface area contributed by atoms with Crippen molar-refractivity contribution in [1.82, 2.24) is 4.98 Å². The third kappa shape index (κ3) is 3.35. The SMILES string of the molecule is c1ccc(-c2nc3c(o2)-c2cc(N(c4ccccc4)c4cccc5c4sc4ccccc45)cc4cccc-3c24)cc1. The van der Waals surface area contributed by atoms with Crippen LogP contribution >= 0.6 is 11.3 Å². The Balaban J connectivity index is 1.31. The van der Waals surface area contributed by atoms with Crippen LogP contribution in [-0.4, -0.2) is 4.98 Å². The number of benzene rings is 6. The molecule has 3 nitrogen and oxygen atoms in total. The standard InChI is InChI=1S/C37H22N2OS/c1-3-11-23(12-4-1)37-38-34-29-18-9-13-24-21-26(22-30(33(24)29)35(34)40-37)39(25-14-5-2-6-15-25)31-19-10-17-28-27-16-7-8-20-32(27)41-36(28)31/h1-22H. The van der Waals surface area contributed by atoms with E-state index in [9.17, 15) is 0 Å². The fraction of sp³-hybridized carbons (Fsp3) is 0. The van der Waals surface area contributed by atoms with Crippen LogP contribution in [0.2, 0.25) is 0 Å². The number of rotatable bonds is 4. The Labute approximate surface area is 240 Å². The van der Waals surface area contributed by atoms with Crippen molar-refractivity contribution in [2.45, 2.75) is 0 Å². The summed E-state index contributed by atoms with van der Waals surface area (Å²) in [7, 11) is 0. The topological polar surface area (TPSA) is 29.3 Å². The van der Waals surface area contributed by atoms with Crippen molar-refractivity contribution in [2.75, 3.05) is 4.90 Å². The van der Waals surface area contributed by atoms with Crippen molar-refractivity contribution >= 4 is 59.3 Å². The van der Waals surface area contributed by atoms with Crippen LogP contribution in [0.25, 0.3) is 65.0 Å². The molecule has 2 heterocycles. The Morgan fingerprint density at radius 3 is 2.24 bits per heavy atom. The lowest BCUT2D eigenvalue weighted by Gasteiger charge is -2.26. The molecule has 1 aliphatic rings. The quantitative estimate of drug-likeness (QED) is 0.221. The zero-order chi connectivity index (χ0) is 26.9. The zero-order valence-electron chi connectivity index (χ0n) is 21.9. The number of thiophene rings is 1. The zero-order valence-corrected chi connectivity index (χ0v) is 22.7. The van der Waals surface area contributed by atoms with Crippen molar-refractivity contribution in [3.63, 3.8) is 0 Å². The van der Waals surface area contributed by atoms with Gasteiger partial charge in [-0.3, -0.25) is 0 Å². The van der Waals surface area contributed by atoms with Crippen molar-refractivity contribution in [3.8, 4) is 34.0 Å². The highest BCUT2D eigenvalue weighted by Crippen LogP contribution is 2.52. The van der Waals surface area contributed by atoms with Gasteiger partial charge in [0.2, 0.25) is 5.89 Å². The van der Waals surface area contributed by atoms with Gasteiger partial charge in [0.1, 0.15) is 5.69 Å². The van der Waals surface area contributed by atoms with Crippen molar-refractivity contribution in [1.29, 1.82) is 0 Å². The Bertz CT molecular complexity index is 2260. The Morgan fingerprint density at radius 2 is 1.37 bits per heavy atom. The minimum Gasteiger partial charge on any atom is -0.435 e. The van der Waals surface area contributed by atoms with Crippen LogP contribution < -0.4 is 4.90 Å². The molecule has 2 aromatic heterocycles. The normalized spacial score (nSPS) is 11.9. The first kappa shape index (κ1) is 22.6.